The second-order valence-corrected chi connectivity index (χ2v) is 3.28. The first-order valence-corrected chi connectivity index (χ1v) is 3.88. The number of rotatable bonds is 1. The molecular weight excluding hydrogens is 156 g/mol. The Hall–Kier alpha value is -1.09. The first kappa shape index (κ1) is 7.55. The summed E-state index contributed by atoms with van der Waals surface area (Å²) in [4.78, 5) is 10.9. The van der Waals surface area contributed by atoms with Crippen molar-refractivity contribution in [3.05, 3.63) is 24.3 Å². The molecule has 2 fully saturated rings. The molecule has 0 saturated carbocycles. The summed E-state index contributed by atoms with van der Waals surface area (Å²) in [6.45, 7) is 7.46. The minimum absolute atomic E-state index is 0.103. The van der Waals surface area contributed by atoms with Crippen LogP contribution in [0.2, 0.25) is 0 Å². The van der Waals surface area contributed by atoms with Crippen LogP contribution in [0.4, 0.5) is 0 Å². The van der Waals surface area contributed by atoms with E-state index in [0.717, 1.165) is 12.0 Å². The van der Waals surface area contributed by atoms with Crippen LogP contribution >= 0.6 is 0 Å². The molecule has 2 rings (SSSR count). The van der Waals surface area contributed by atoms with Gasteiger partial charge in [0, 0.05) is 0 Å². The van der Waals surface area contributed by atoms with Crippen LogP contribution < -0.4 is 0 Å². The van der Waals surface area contributed by atoms with Crippen molar-refractivity contribution in [2.75, 3.05) is 0 Å². The van der Waals surface area contributed by atoms with Gasteiger partial charge in [0.05, 0.1) is 6.10 Å². The summed E-state index contributed by atoms with van der Waals surface area (Å²) in [6, 6.07) is 0. The standard InChI is InChI=1S/C9H10O3/c1-5-6(2)9(8(10)11)4-3-7(5)12-9/h7H,1-4H2,(H,10,11)/t7-,9+/m0/s1. The molecule has 1 N–H and O–H groups in total. The normalized spacial score (nSPS) is 39.2. The summed E-state index contributed by atoms with van der Waals surface area (Å²) in [5.41, 5.74) is 0.164. The van der Waals surface area contributed by atoms with E-state index in [4.69, 9.17) is 9.84 Å². The van der Waals surface area contributed by atoms with Gasteiger partial charge in [-0.1, -0.05) is 13.2 Å². The molecule has 64 valence electrons. The molecule has 12 heavy (non-hydrogen) atoms. The molecule has 0 radical (unpaired) electrons. The van der Waals surface area contributed by atoms with E-state index in [1.54, 1.807) is 0 Å². The van der Waals surface area contributed by atoms with Gasteiger partial charge in [0.15, 0.2) is 5.60 Å². The predicted octanol–water partition coefficient (Wildman–Crippen LogP) is 1.11. The second-order valence-electron chi connectivity index (χ2n) is 3.28. The second kappa shape index (κ2) is 1.98. The Labute approximate surface area is 70.3 Å². The van der Waals surface area contributed by atoms with Gasteiger partial charge in [0.2, 0.25) is 0 Å². The van der Waals surface area contributed by atoms with Crippen molar-refractivity contribution in [3.63, 3.8) is 0 Å². The van der Waals surface area contributed by atoms with E-state index in [-0.39, 0.29) is 6.10 Å². The number of aliphatic carboxylic acids is 1. The van der Waals surface area contributed by atoms with Crippen LogP contribution in [0.3, 0.4) is 0 Å². The third-order valence-electron chi connectivity index (χ3n) is 2.71. The zero-order chi connectivity index (χ0) is 8.93. The average molecular weight is 166 g/mol. The topological polar surface area (TPSA) is 46.5 Å². The smallest absolute Gasteiger partial charge is 0.340 e. The quantitative estimate of drug-likeness (QED) is 0.634. The Kier molecular flexibility index (Phi) is 1.25. The third kappa shape index (κ3) is 0.623. The lowest BCUT2D eigenvalue weighted by molar-refractivity contribution is -0.154. The predicted molar refractivity (Wildman–Crippen MR) is 42.8 cm³/mol. The molecule has 2 aliphatic rings. The molecule has 0 spiro atoms. The molecule has 0 aromatic heterocycles. The number of hydrogen-bond acceptors (Lipinski definition) is 2. The molecule has 2 atom stereocenters. The van der Waals surface area contributed by atoms with E-state index < -0.39 is 11.6 Å². The van der Waals surface area contributed by atoms with Gasteiger partial charge in [0.25, 0.3) is 0 Å². The summed E-state index contributed by atoms with van der Waals surface area (Å²) >= 11 is 0. The van der Waals surface area contributed by atoms with Crippen molar-refractivity contribution >= 4 is 5.97 Å². The van der Waals surface area contributed by atoms with Crippen molar-refractivity contribution in [3.8, 4) is 0 Å². The molecule has 0 aliphatic carbocycles. The molecule has 3 heteroatoms. The molecule has 2 bridgehead atoms. The number of carboxylic acid groups (broad SMARTS) is 1. The van der Waals surface area contributed by atoms with Crippen LogP contribution in [0, 0.1) is 0 Å². The maximum absolute atomic E-state index is 10.9. The maximum Gasteiger partial charge on any atom is 0.340 e. The van der Waals surface area contributed by atoms with Crippen LogP contribution in [-0.4, -0.2) is 22.8 Å². The number of carbonyl (C=O) groups is 1. The molecular formula is C9H10O3. The Morgan fingerprint density at radius 3 is 2.67 bits per heavy atom. The number of ether oxygens (including phenoxy) is 1. The van der Waals surface area contributed by atoms with Crippen LogP contribution in [0.5, 0.6) is 0 Å². The van der Waals surface area contributed by atoms with Gasteiger partial charge >= 0.3 is 5.97 Å². The molecule has 0 amide bonds. The van der Waals surface area contributed by atoms with Crippen molar-refractivity contribution < 1.29 is 14.6 Å². The van der Waals surface area contributed by atoms with E-state index in [2.05, 4.69) is 13.2 Å². The summed E-state index contributed by atoms with van der Waals surface area (Å²) in [5, 5.41) is 8.95. The minimum Gasteiger partial charge on any atom is -0.479 e. The Bertz CT molecular complexity index is 292. The fourth-order valence-corrected chi connectivity index (χ4v) is 1.90. The van der Waals surface area contributed by atoms with Crippen LogP contribution in [-0.2, 0) is 9.53 Å². The zero-order valence-corrected chi connectivity index (χ0v) is 6.67. The van der Waals surface area contributed by atoms with Crippen molar-refractivity contribution in [1.29, 1.82) is 0 Å². The highest BCUT2D eigenvalue weighted by Crippen LogP contribution is 2.49. The molecule has 2 saturated heterocycles. The van der Waals surface area contributed by atoms with E-state index >= 15 is 0 Å². The molecule has 0 unspecified atom stereocenters. The van der Waals surface area contributed by atoms with Gasteiger partial charge in [-0.05, 0) is 24.0 Å². The lowest BCUT2D eigenvalue weighted by Gasteiger charge is -2.21. The lowest BCUT2D eigenvalue weighted by atomic mass is 9.82. The fraction of sp³-hybridized carbons (Fsp3) is 0.444. The summed E-state index contributed by atoms with van der Waals surface area (Å²) in [6.07, 6.45) is 1.18. The fourth-order valence-electron chi connectivity index (χ4n) is 1.90. The summed E-state index contributed by atoms with van der Waals surface area (Å²) < 4.78 is 5.35. The Morgan fingerprint density at radius 2 is 2.33 bits per heavy atom. The van der Waals surface area contributed by atoms with Gasteiger partial charge in [-0.3, -0.25) is 0 Å². The molecule has 3 nitrogen and oxygen atoms in total. The van der Waals surface area contributed by atoms with Gasteiger partial charge in [0.1, 0.15) is 0 Å². The average Bonchev–Trinajstić information content (AvgIpc) is 2.53. The van der Waals surface area contributed by atoms with Crippen molar-refractivity contribution in [1.82, 2.24) is 0 Å². The summed E-state index contributed by atoms with van der Waals surface area (Å²) in [5.74, 6) is -0.936. The van der Waals surface area contributed by atoms with Crippen LogP contribution in [0.1, 0.15) is 12.8 Å². The van der Waals surface area contributed by atoms with Crippen molar-refractivity contribution in [2.24, 2.45) is 0 Å². The SMILES string of the molecule is C=C1C(=C)[C@@]2(C(=O)O)CC[C@@H]1O2. The van der Waals surface area contributed by atoms with Gasteiger partial charge in [-0.2, -0.15) is 0 Å². The first-order chi connectivity index (χ1) is 5.58. The zero-order valence-electron chi connectivity index (χ0n) is 6.67. The molecule has 0 aromatic rings. The van der Waals surface area contributed by atoms with Crippen molar-refractivity contribution in [2.45, 2.75) is 24.5 Å². The Morgan fingerprint density at radius 1 is 1.67 bits per heavy atom. The van der Waals surface area contributed by atoms with Gasteiger partial charge in [-0.15, -0.1) is 0 Å². The van der Waals surface area contributed by atoms with E-state index in [1.165, 1.54) is 0 Å². The highest BCUT2D eigenvalue weighted by Gasteiger charge is 2.56. The van der Waals surface area contributed by atoms with E-state index in [9.17, 15) is 4.79 Å². The maximum atomic E-state index is 10.9. The van der Waals surface area contributed by atoms with E-state index in [0.29, 0.717) is 12.0 Å². The monoisotopic (exact) mass is 166 g/mol. The van der Waals surface area contributed by atoms with Gasteiger partial charge in [-0.25, -0.2) is 4.79 Å². The largest absolute Gasteiger partial charge is 0.479 e. The molecule has 2 aliphatic heterocycles. The number of fused-ring (bicyclic) bond motifs is 2. The Balaban J connectivity index is 2.46. The molecule has 0 aromatic carbocycles. The third-order valence-corrected chi connectivity index (χ3v) is 2.71. The number of carboxylic acids is 1. The minimum atomic E-state index is -1.14. The van der Waals surface area contributed by atoms with Crippen LogP contribution in [0.25, 0.3) is 0 Å². The lowest BCUT2D eigenvalue weighted by Crippen LogP contribution is -2.37. The van der Waals surface area contributed by atoms with Gasteiger partial charge < -0.3 is 9.84 Å². The van der Waals surface area contributed by atoms with Crippen LogP contribution in [0.15, 0.2) is 24.3 Å². The first-order valence-electron chi connectivity index (χ1n) is 3.88. The summed E-state index contributed by atoms with van der Waals surface area (Å²) in [7, 11) is 0. The molecule has 2 heterocycles. The van der Waals surface area contributed by atoms with E-state index in [1.807, 2.05) is 0 Å². The number of hydrogen-bond donors (Lipinski definition) is 1. The highest BCUT2D eigenvalue weighted by molar-refractivity contribution is 5.85. The highest BCUT2D eigenvalue weighted by atomic mass is 16.5.